The van der Waals surface area contributed by atoms with E-state index in [4.69, 9.17) is 10.5 Å². The molecule has 0 saturated carbocycles. The molecule has 1 heterocycles. The van der Waals surface area contributed by atoms with E-state index in [0.29, 0.717) is 13.0 Å². The Kier molecular flexibility index (Phi) is 6.47. The minimum Gasteiger partial charge on any atom is -0.376 e. The van der Waals surface area contributed by atoms with E-state index in [-0.39, 0.29) is 12.0 Å². The van der Waals surface area contributed by atoms with Gasteiger partial charge in [0.2, 0.25) is 5.91 Å². The monoisotopic (exact) mass is 243 g/mol. The van der Waals surface area contributed by atoms with Gasteiger partial charge >= 0.3 is 0 Å². The summed E-state index contributed by atoms with van der Waals surface area (Å²) < 4.78 is 5.46. The first kappa shape index (κ1) is 14.4. The lowest BCUT2D eigenvalue weighted by molar-refractivity contribution is -0.130. The van der Waals surface area contributed by atoms with E-state index in [1.807, 2.05) is 7.05 Å². The maximum absolute atomic E-state index is 11.8. The number of ether oxygens (including phenoxy) is 1. The molecule has 1 aliphatic rings. The summed E-state index contributed by atoms with van der Waals surface area (Å²) in [5.74, 6) is 0.206. The van der Waals surface area contributed by atoms with Gasteiger partial charge in [-0.3, -0.25) is 9.69 Å². The number of morpholine rings is 1. The van der Waals surface area contributed by atoms with Crippen LogP contribution in [0.4, 0.5) is 0 Å². The van der Waals surface area contributed by atoms with Gasteiger partial charge in [-0.1, -0.05) is 0 Å². The second-order valence-corrected chi connectivity index (χ2v) is 4.69. The van der Waals surface area contributed by atoms with E-state index < -0.39 is 0 Å². The lowest BCUT2D eigenvalue weighted by Gasteiger charge is -2.31. The normalized spacial score (nSPS) is 21.5. The largest absolute Gasteiger partial charge is 0.376 e. The third kappa shape index (κ3) is 5.48. The van der Waals surface area contributed by atoms with E-state index in [1.54, 1.807) is 4.90 Å². The highest BCUT2D eigenvalue weighted by atomic mass is 16.5. The van der Waals surface area contributed by atoms with E-state index in [0.717, 1.165) is 39.2 Å². The van der Waals surface area contributed by atoms with Crippen molar-refractivity contribution >= 4 is 5.91 Å². The maximum Gasteiger partial charge on any atom is 0.223 e. The first-order valence-corrected chi connectivity index (χ1v) is 6.41. The number of carbonyl (C=O) groups excluding carboxylic acids is 1. The Labute approximate surface area is 104 Å². The van der Waals surface area contributed by atoms with E-state index in [9.17, 15) is 4.79 Å². The molecular weight excluding hydrogens is 218 g/mol. The van der Waals surface area contributed by atoms with Crippen molar-refractivity contribution < 1.29 is 9.53 Å². The SMILES string of the molecule is CC1CN(CCC(=O)N(C)CCCN)CCO1. The van der Waals surface area contributed by atoms with E-state index >= 15 is 0 Å². The summed E-state index contributed by atoms with van der Waals surface area (Å²) >= 11 is 0. The molecule has 1 fully saturated rings. The molecule has 5 heteroatoms. The van der Waals surface area contributed by atoms with Crippen molar-refractivity contribution in [3.8, 4) is 0 Å². The maximum atomic E-state index is 11.8. The van der Waals surface area contributed by atoms with Crippen LogP contribution in [0, 0.1) is 0 Å². The van der Waals surface area contributed by atoms with E-state index in [2.05, 4.69) is 11.8 Å². The Morgan fingerprint density at radius 3 is 3.00 bits per heavy atom. The molecular formula is C12H25N3O2. The van der Waals surface area contributed by atoms with Crippen molar-refractivity contribution in [1.29, 1.82) is 0 Å². The molecule has 1 aliphatic heterocycles. The van der Waals surface area contributed by atoms with Gasteiger partial charge in [-0.25, -0.2) is 0 Å². The zero-order chi connectivity index (χ0) is 12.7. The van der Waals surface area contributed by atoms with Crippen molar-refractivity contribution in [2.45, 2.75) is 25.9 Å². The summed E-state index contributed by atoms with van der Waals surface area (Å²) in [6.45, 7) is 6.94. The average Bonchev–Trinajstić information content (AvgIpc) is 2.33. The minimum atomic E-state index is 0.206. The van der Waals surface area contributed by atoms with Gasteiger partial charge in [-0.15, -0.1) is 0 Å². The van der Waals surface area contributed by atoms with Crippen molar-refractivity contribution in [2.24, 2.45) is 5.73 Å². The number of hydrogen-bond acceptors (Lipinski definition) is 4. The summed E-state index contributed by atoms with van der Waals surface area (Å²) in [4.78, 5) is 15.9. The predicted octanol–water partition coefficient (Wildman–Crippen LogP) is -0.0956. The number of amides is 1. The summed E-state index contributed by atoms with van der Waals surface area (Å²) in [5.41, 5.74) is 5.42. The minimum absolute atomic E-state index is 0.206. The highest BCUT2D eigenvalue weighted by molar-refractivity contribution is 5.76. The van der Waals surface area contributed by atoms with Crippen LogP contribution in [0.3, 0.4) is 0 Å². The summed E-state index contributed by atoms with van der Waals surface area (Å²) in [7, 11) is 1.85. The Bertz CT molecular complexity index is 236. The van der Waals surface area contributed by atoms with Gasteiger partial charge in [0.25, 0.3) is 0 Å². The Morgan fingerprint density at radius 2 is 2.35 bits per heavy atom. The first-order valence-electron chi connectivity index (χ1n) is 6.41. The fraction of sp³-hybridized carbons (Fsp3) is 0.917. The van der Waals surface area contributed by atoms with Crippen LogP contribution in [-0.2, 0) is 9.53 Å². The lowest BCUT2D eigenvalue weighted by atomic mass is 10.2. The number of nitrogens with zero attached hydrogens (tertiary/aromatic N) is 2. The molecule has 17 heavy (non-hydrogen) atoms. The predicted molar refractivity (Wildman–Crippen MR) is 67.8 cm³/mol. The molecule has 0 spiro atoms. The van der Waals surface area contributed by atoms with Crippen LogP contribution in [0.25, 0.3) is 0 Å². The van der Waals surface area contributed by atoms with Crippen molar-refractivity contribution in [3.63, 3.8) is 0 Å². The molecule has 0 aromatic heterocycles. The van der Waals surface area contributed by atoms with Crippen LogP contribution in [0.15, 0.2) is 0 Å². The Hall–Kier alpha value is -0.650. The second-order valence-electron chi connectivity index (χ2n) is 4.69. The van der Waals surface area contributed by atoms with Gasteiger partial charge in [0.15, 0.2) is 0 Å². The van der Waals surface area contributed by atoms with Crippen LogP contribution < -0.4 is 5.73 Å². The molecule has 100 valence electrons. The zero-order valence-corrected chi connectivity index (χ0v) is 11.0. The second kappa shape index (κ2) is 7.63. The van der Waals surface area contributed by atoms with Crippen LogP contribution in [0.1, 0.15) is 19.8 Å². The molecule has 1 unspecified atom stereocenters. The third-order valence-corrected chi connectivity index (χ3v) is 3.09. The highest BCUT2D eigenvalue weighted by Crippen LogP contribution is 2.05. The van der Waals surface area contributed by atoms with Crippen molar-refractivity contribution in [3.05, 3.63) is 0 Å². The van der Waals surface area contributed by atoms with Crippen LogP contribution in [0.5, 0.6) is 0 Å². The van der Waals surface area contributed by atoms with Gasteiger partial charge in [-0.2, -0.15) is 0 Å². The van der Waals surface area contributed by atoms with Gasteiger partial charge in [0.05, 0.1) is 12.7 Å². The number of rotatable bonds is 6. The molecule has 1 amide bonds. The standard InChI is InChI=1S/C12H25N3O2/c1-11-10-15(8-9-17-11)7-4-12(16)14(2)6-3-5-13/h11H,3-10,13H2,1-2H3. The van der Waals surface area contributed by atoms with Crippen LogP contribution in [0.2, 0.25) is 0 Å². The van der Waals surface area contributed by atoms with E-state index in [1.165, 1.54) is 0 Å². The van der Waals surface area contributed by atoms with Crippen molar-refractivity contribution in [2.75, 3.05) is 46.4 Å². The third-order valence-electron chi connectivity index (χ3n) is 3.09. The number of hydrogen-bond donors (Lipinski definition) is 1. The highest BCUT2D eigenvalue weighted by Gasteiger charge is 2.17. The Balaban J connectivity index is 2.18. The van der Waals surface area contributed by atoms with Gasteiger partial charge in [-0.05, 0) is 19.9 Å². The molecule has 0 aromatic carbocycles. The summed E-state index contributed by atoms with van der Waals surface area (Å²) in [6.07, 6.45) is 1.75. The molecule has 5 nitrogen and oxygen atoms in total. The number of nitrogens with two attached hydrogens (primary N) is 1. The molecule has 1 saturated heterocycles. The fourth-order valence-corrected chi connectivity index (χ4v) is 1.99. The zero-order valence-electron chi connectivity index (χ0n) is 11.0. The average molecular weight is 243 g/mol. The molecule has 1 rings (SSSR count). The van der Waals surface area contributed by atoms with Gasteiger partial charge in [0.1, 0.15) is 0 Å². The summed E-state index contributed by atoms with van der Waals surface area (Å²) in [5, 5.41) is 0. The fourth-order valence-electron chi connectivity index (χ4n) is 1.99. The lowest BCUT2D eigenvalue weighted by Crippen LogP contribution is -2.42. The molecule has 0 bridgehead atoms. The van der Waals surface area contributed by atoms with Gasteiger partial charge < -0.3 is 15.4 Å². The van der Waals surface area contributed by atoms with Crippen molar-refractivity contribution in [1.82, 2.24) is 9.80 Å². The molecule has 0 radical (unpaired) electrons. The van der Waals surface area contributed by atoms with Crippen LogP contribution in [-0.4, -0.2) is 68.2 Å². The Morgan fingerprint density at radius 1 is 1.59 bits per heavy atom. The van der Waals surface area contributed by atoms with Crippen LogP contribution >= 0.6 is 0 Å². The number of carbonyl (C=O) groups is 1. The summed E-state index contributed by atoms with van der Waals surface area (Å²) in [6, 6.07) is 0. The first-order chi connectivity index (χ1) is 8.13. The quantitative estimate of drug-likeness (QED) is 0.708. The molecule has 0 aliphatic carbocycles. The smallest absolute Gasteiger partial charge is 0.223 e. The molecule has 0 aromatic rings. The molecule has 1 atom stereocenters. The topological polar surface area (TPSA) is 58.8 Å². The van der Waals surface area contributed by atoms with Gasteiger partial charge in [0, 0.05) is 39.6 Å². The molecule has 2 N–H and O–H groups in total.